The highest BCUT2D eigenvalue weighted by Crippen LogP contribution is 2.23. The van der Waals surface area contributed by atoms with Crippen molar-refractivity contribution in [2.24, 2.45) is 0 Å². The van der Waals surface area contributed by atoms with E-state index in [4.69, 9.17) is 11.6 Å². The second-order valence-corrected chi connectivity index (χ2v) is 8.47. The molecule has 7 heteroatoms. The van der Waals surface area contributed by atoms with Crippen LogP contribution in [-0.2, 0) is 14.8 Å². The number of halogens is 1. The molecule has 2 aromatic carbocycles. The Kier molecular flexibility index (Phi) is 5.75. The SMILES string of the molecule is Cc1cc(C)cc(N(CC(=O)Nc2cc(Cl)ccc2C)S(C)(=O)=O)c1. The molecule has 134 valence electrons. The number of amides is 1. The molecule has 25 heavy (non-hydrogen) atoms. The quantitative estimate of drug-likeness (QED) is 0.860. The van der Waals surface area contributed by atoms with E-state index in [-0.39, 0.29) is 6.54 Å². The summed E-state index contributed by atoms with van der Waals surface area (Å²) in [7, 11) is -3.61. The summed E-state index contributed by atoms with van der Waals surface area (Å²) in [5, 5.41) is 3.22. The number of rotatable bonds is 5. The summed E-state index contributed by atoms with van der Waals surface area (Å²) in [6.07, 6.45) is 1.09. The van der Waals surface area contributed by atoms with Crippen molar-refractivity contribution in [1.82, 2.24) is 0 Å². The zero-order chi connectivity index (χ0) is 18.8. The fraction of sp³-hybridized carbons (Fsp3) is 0.278. The van der Waals surface area contributed by atoms with Crippen LogP contribution in [0.4, 0.5) is 11.4 Å². The standard InChI is InChI=1S/C18H21ClN2O3S/c1-12-7-13(2)9-16(8-12)21(25(4,23)24)11-18(22)20-17-10-15(19)6-5-14(17)3/h5-10H,11H2,1-4H3,(H,20,22). The lowest BCUT2D eigenvalue weighted by Gasteiger charge is -2.23. The monoisotopic (exact) mass is 380 g/mol. The lowest BCUT2D eigenvalue weighted by molar-refractivity contribution is -0.114. The summed E-state index contributed by atoms with van der Waals surface area (Å²) in [6.45, 7) is 5.29. The van der Waals surface area contributed by atoms with Crippen molar-refractivity contribution in [2.45, 2.75) is 20.8 Å². The molecular weight excluding hydrogens is 360 g/mol. The fourth-order valence-electron chi connectivity index (χ4n) is 2.54. The van der Waals surface area contributed by atoms with Crippen LogP contribution in [0, 0.1) is 20.8 Å². The predicted octanol–water partition coefficient (Wildman–Crippen LogP) is 3.67. The highest BCUT2D eigenvalue weighted by Gasteiger charge is 2.21. The number of benzene rings is 2. The second kappa shape index (κ2) is 7.45. The largest absolute Gasteiger partial charge is 0.324 e. The molecule has 0 aliphatic heterocycles. The van der Waals surface area contributed by atoms with Crippen molar-refractivity contribution < 1.29 is 13.2 Å². The highest BCUT2D eigenvalue weighted by atomic mass is 35.5. The van der Waals surface area contributed by atoms with Crippen LogP contribution in [0.3, 0.4) is 0 Å². The van der Waals surface area contributed by atoms with E-state index in [9.17, 15) is 13.2 Å². The smallest absolute Gasteiger partial charge is 0.245 e. The molecule has 1 amide bonds. The predicted molar refractivity (Wildman–Crippen MR) is 103 cm³/mol. The number of carbonyl (C=O) groups excluding carboxylic acids is 1. The van der Waals surface area contributed by atoms with Gasteiger partial charge in [-0.2, -0.15) is 0 Å². The van der Waals surface area contributed by atoms with Gasteiger partial charge in [-0.1, -0.05) is 23.7 Å². The Morgan fingerprint density at radius 1 is 1.08 bits per heavy atom. The Hall–Kier alpha value is -2.05. The van der Waals surface area contributed by atoms with Gasteiger partial charge in [-0.05, 0) is 61.7 Å². The molecule has 0 saturated heterocycles. The van der Waals surface area contributed by atoms with Gasteiger partial charge in [0.1, 0.15) is 6.54 Å². The number of aryl methyl sites for hydroxylation is 3. The van der Waals surface area contributed by atoms with E-state index in [0.717, 1.165) is 27.3 Å². The van der Waals surface area contributed by atoms with Crippen LogP contribution in [-0.4, -0.2) is 27.1 Å². The van der Waals surface area contributed by atoms with Crippen molar-refractivity contribution in [2.75, 3.05) is 22.4 Å². The van der Waals surface area contributed by atoms with Crippen LogP contribution in [0.25, 0.3) is 0 Å². The van der Waals surface area contributed by atoms with Crippen molar-refractivity contribution >= 4 is 38.9 Å². The molecule has 0 bridgehead atoms. The van der Waals surface area contributed by atoms with Crippen LogP contribution in [0.1, 0.15) is 16.7 Å². The molecule has 5 nitrogen and oxygen atoms in total. The van der Waals surface area contributed by atoms with E-state index < -0.39 is 15.9 Å². The first kappa shape index (κ1) is 19.3. The average Bonchev–Trinajstić information content (AvgIpc) is 2.46. The van der Waals surface area contributed by atoms with E-state index in [1.54, 1.807) is 30.3 Å². The molecule has 0 spiro atoms. The summed E-state index contributed by atoms with van der Waals surface area (Å²) >= 11 is 5.95. The van der Waals surface area contributed by atoms with E-state index >= 15 is 0 Å². The molecule has 0 radical (unpaired) electrons. The summed E-state index contributed by atoms with van der Waals surface area (Å²) in [6, 6.07) is 10.6. The van der Waals surface area contributed by atoms with Crippen molar-refractivity contribution in [3.05, 3.63) is 58.1 Å². The number of hydrogen-bond donors (Lipinski definition) is 1. The fourth-order valence-corrected chi connectivity index (χ4v) is 3.56. The van der Waals surface area contributed by atoms with E-state index in [2.05, 4.69) is 5.32 Å². The van der Waals surface area contributed by atoms with Gasteiger partial charge in [0.15, 0.2) is 0 Å². The van der Waals surface area contributed by atoms with Crippen LogP contribution < -0.4 is 9.62 Å². The lowest BCUT2D eigenvalue weighted by Crippen LogP contribution is -2.37. The minimum atomic E-state index is -3.61. The normalized spacial score (nSPS) is 11.2. The first-order valence-electron chi connectivity index (χ1n) is 7.68. The molecule has 2 rings (SSSR count). The zero-order valence-corrected chi connectivity index (χ0v) is 16.2. The van der Waals surface area contributed by atoms with E-state index in [0.29, 0.717) is 16.4 Å². The maximum absolute atomic E-state index is 12.4. The van der Waals surface area contributed by atoms with Crippen LogP contribution in [0.2, 0.25) is 5.02 Å². The van der Waals surface area contributed by atoms with Gasteiger partial charge < -0.3 is 5.32 Å². The molecule has 1 N–H and O–H groups in total. The maximum Gasteiger partial charge on any atom is 0.245 e. The Balaban J connectivity index is 2.28. The summed E-state index contributed by atoms with van der Waals surface area (Å²) in [4.78, 5) is 12.4. The van der Waals surface area contributed by atoms with Gasteiger partial charge in [0.25, 0.3) is 0 Å². The Bertz CT molecular complexity index is 890. The molecule has 0 atom stereocenters. The summed E-state index contributed by atoms with van der Waals surface area (Å²) < 4.78 is 25.5. The topological polar surface area (TPSA) is 66.5 Å². The van der Waals surface area contributed by atoms with E-state index in [1.165, 1.54) is 0 Å². The molecule has 0 aliphatic rings. The van der Waals surface area contributed by atoms with Crippen LogP contribution in [0.5, 0.6) is 0 Å². The average molecular weight is 381 g/mol. The van der Waals surface area contributed by atoms with Gasteiger partial charge in [0, 0.05) is 10.7 Å². The first-order chi connectivity index (χ1) is 11.6. The molecule has 0 fully saturated rings. The molecule has 0 heterocycles. The maximum atomic E-state index is 12.4. The highest BCUT2D eigenvalue weighted by molar-refractivity contribution is 7.92. The number of sulfonamides is 1. The van der Waals surface area contributed by atoms with E-state index in [1.807, 2.05) is 26.8 Å². The van der Waals surface area contributed by atoms with Gasteiger partial charge in [-0.15, -0.1) is 0 Å². The Morgan fingerprint density at radius 3 is 2.24 bits per heavy atom. The van der Waals surface area contributed by atoms with Gasteiger partial charge in [0.05, 0.1) is 11.9 Å². The first-order valence-corrected chi connectivity index (χ1v) is 9.91. The zero-order valence-electron chi connectivity index (χ0n) is 14.6. The third kappa shape index (κ3) is 5.21. The number of carbonyl (C=O) groups is 1. The summed E-state index contributed by atoms with van der Waals surface area (Å²) in [5.41, 5.74) is 3.73. The third-order valence-electron chi connectivity index (χ3n) is 3.66. The van der Waals surface area contributed by atoms with Crippen molar-refractivity contribution in [1.29, 1.82) is 0 Å². The number of anilines is 2. The molecule has 0 saturated carbocycles. The molecule has 0 unspecified atom stereocenters. The van der Waals surface area contributed by atoms with Crippen molar-refractivity contribution in [3.8, 4) is 0 Å². The van der Waals surface area contributed by atoms with Gasteiger partial charge in [-0.25, -0.2) is 8.42 Å². The molecule has 0 aliphatic carbocycles. The molecule has 2 aromatic rings. The van der Waals surface area contributed by atoms with Crippen molar-refractivity contribution in [3.63, 3.8) is 0 Å². The summed E-state index contributed by atoms with van der Waals surface area (Å²) in [5.74, 6) is -0.435. The number of nitrogens with zero attached hydrogens (tertiary/aromatic N) is 1. The number of nitrogens with one attached hydrogen (secondary N) is 1. The van der Waals surface area contributed by atoms with Crippen LogP contribution >= 0.6 is 11.6 Å². The van der Waals surface area contributed by atoms with Gasteiger partial charge in [-0.3, -0.25) is 9.10 Å². The molecular formula is C18H21ClN2O3S. The molecule has 0 aromatic heterocycles. The van der Waals surface area contributed by atoms with Gasteiger partial charge >= 0.3 is 0 Å². The minimum absolute atomic E-state index is 0.312. The van der Waals surface area contributed by atoms with Crippen LogP contribution in [0.15, 0.2) is 36.4 Å². The lowest BCUT2D eigenvalue weighted by atomic mass is 10.1. The Labute approximate surface area is 153 Å². The minimum Gasteiger partial charge on any atom is -0.324 e. The Morgan fingerprint density at radius 2 is 1.68 bits per heavy atom. The number of hydrogen-bond acceptors (Lipinski definition) is 3. The third-order valence-corrected chi connectivity index (χ3v) is 5.03. The second-order valence-electron chi connectivity index (χ2n) is 6.12. The van der Waals surface area contributed by atoms with Gasteiger partial charge in [0.2, 0.25) is 15.9 Å².